The van der Waals surface area contributed by atoms with Crippen molar-refractivity contribution in [3.8, 4) is 11.5 Å². The summed E-state index contributed by atoms with van der Waals surface area (Å²) in [6, 6.07) is 13.1. The Labute approximate surface area is 185 Å². The van der Waals surface area contributed by atoms with Gasteiger partial charge in [-0.1, -0.05) is 17.8 Å². The van der Waals surface area contributed by atoms with Crippen LogP contribution in [0.1, 0.15) is 38.7 Å². The molecule has 1 amide bonds. The van der Waals surface area contributed by atoms with E-state index in [1.54, 1.807) is 7.11 Å². The van der Waals surface area contributed by atoms with E-state index in [0.717, 1.165) is 0 Å². The molecule has 1 heterocycles. The maximum Gasteiger partial charge on any atom is 0.234 e. The van der Waals surface area contributed by atoms with Gasteiger partial charge in [-0.15, -0.1) is 10.2 Å². The minimum Gasteiger partial charge on any atom is -0.497 e. The zero-order valence-electron chi connectivity index (χ0n) is 17.8. The number of nitrogens with zero attached hydrogens (tertiary/aromatic N) is 3. The molecule has 0 spiro atoms. The van der Waals surface area contributed by atoms with Gasteiger partial charge in [-0.3, -0.25) is 4.79 Å². The Morgan fingerprint density at radius 1 is 1.13 bits per heavy atom. The predicted octanol–water partition coefficient (Wildman–Crippen LogP) is 4.88. The lowest BCUT2D eigenvalue weighted by atomic mass is 10.3. The highest BCUT2D eigenvalue weighted by atomic mass is 32.2. The molecule has 1 aromatic heterocycles. The molecule has 0 bridgehead atoms. The second kappa shape index (κ2) is 10.3. The largest absolute Gasteiger partial charge is 0.497 e. The minimum atomic E-state index is -0.357. The van der Waals surface area contributed by atoms with Crippen molar-refractivity contribution in [2.75, 3.05) is 18.2 Å². The predicted molar refractivity (Wildman–Crippen MR) is 118 cm³/mol. The molecule has 0 saturated heterocycles. The van der Waals surface area contributed by atoms with E-state index >= 15 is 0 Å². The van der Waals surface area contributed by atoms with Crippen molar-refractivity contribution in [1.29, 1.82) is 0 Å². The number of hydrogen-bond donors (Lipinski definition) is 1. The molecular formula is C22H25FN4O3S. The number of hydrogen-bond acceptors (Lipinski definition) is 6. The number of aromatic nitrogens is 3. The lowest BCUT2D eigenvalue weighted by Gasteiger charge is -2.19. The molecule has 3 rings (SSSR count). The number of nitrogens with one attached hydrogen (secondary N) is 1. The highest BCUT2D eigenvalue weighted by molar-refractivity contribution is 7.99. The van der Waals surface area contributed by atoms with E-state index in [1.165, 1.54) is 36.0 Å². The maximum absolute atomic E-state index is 13.0. The number of methoxy groups -OCH3 is 1. The normalized spacial score (nSPS) is 11.9. The van der Waals surface area contributed by atoms with Crippen molar-refractivity contribution >= 4 is 23.4 Å². The van der Waals surface area contributed by atoms with Crippen LogP contribution in [0, 0.1) is 5.82 Å². The van der Waals surface area contributed by atoms with Gasteiger partial charge >= 0.3 is 0 Å². The summed E-state index contributed by atoms with van der Waals surface area (Å²) >= 11 is 1.28. The van der Waals surface area contributed by atoms with E-state index in [-0.39, 0.29) is 29.6 Å². The van der Waals surface area contributed by atoms with Crippen LogP contribution in [-0.4, -0.2) is 33.5 Å². The zero-order chi connectivity index (χ0) is 22.4. The van der Waals surface area contributed by atoms with E-state index in [1.807, 2.05) is 49.6 Å². The van der Waals surface area contributed by atoms with Gasteiger partial charge in [0, 0.05) is 17.8 Å². The van der Waals surface area contributed by atoms with Crippen LogP contribution in [0.4, 0.5) is 10.1 Å². The first-order valence-corrected chi connectivity index (χ1v) is 10.8. The number of ether oxygens (including phenoxy) is 2. The Kier molecular flexibility index (Phi) is 7.51. The van der Waals surface area contributed by atoms with Gasteiger partial charge in [-0.05, 0) is 57.2 Å². The molecule has 164 valence electrons. The number of carbonyl (C=O) groups excluding carboxylic acids is 1. The topological polar surface area (TPSA) is 78.3 Å². The number of halogens is 1. The quantitative estimate of drug-likeness (QED) is 0.474. The third-order valence-electron chi connectivity index (χ3n) is 4.39. The van der Waals surface area contributed by atoms with E-state index in [4.69, 9.17) is 9.47 Å². The molecule has 0 aliphatic rings. The summed E-state index contributed by atoms with van der Waals surface area (Å²) in [7, 11) is 1.60. The summed E-state index contributed by atoms with van der Waals surface area (Å²) in [5, 5.41) is 11.9. The molecule has 9 heteroatoms. The smallest absolute Gasteiger partial charge is 0.234 e. The van der Waals surface area contributed by atoms with Gasteiger partial charge in [0.25, 0.3) is 0 Å². The van der Waals surface area contributed by atoms with Crippen LogP contribution in [0.3, 0.4) is 0 Å². The van der Waals surface area contributed by atoms with Crippen molar-refractivity contribution in [3.05, 3.63) is 60.2 Å². The Morgan fingerprint density at radius 3 is 2.52 bits per heavy atom. The van der Waals surface area contributed by atoms with Gasteiger partial charge in [-0.2, -0.15) is 0 Å². The van der Waals surface area contributed by atoms with Gasteiger partial charge in [0.05, 0.1) is 12.9 Å². The molecule has 0 radical (unpaired) electrons. The molecule has 1 unspecified atom stereocenters. The highest BCUT2D eigenvalue weighted by Crippen LogP contribution is 2.29. The number of amides is 1. The number of benzene rings is 2. The van der Waals surface area contributed by atoms with Gasteiger partial charge in [0.15, 0.2) is 17.1 Å². The van der Waals surface area contributed by atoms with Crippen molar-refractivity contribution < 1.29 is 18.7 Å². The van der Waals surface area contributed by atoms with Crippen molar-refractivity contribution in [1.82, 2.24) is 14.8 Å². The van der Waals surface area contributed by atoms with E-state index in [9.17, 15) is 9.18 Å². The summed E-state index contributed by atoms with van der Waals surface area (Å²) in [5.41, 5.74) is 0.540. The lowest BCUT2D eigenvalue weighted by Crippen LogP contribution is -2.16. The number of anilines is 1. The van der Waals surface area contributed by atoms with Crippen LogP contribution in [0.5, 0.6) is 11.5 Å². The molecule has 2 aromatic carbocycles. The zero-order valence-corrected chi connectivity index (χ0v) is 18.6. The standard InChI is InChI=1S/C22H25FN4O3S/c1-14(2)27-21(15(3)30-19-7-5-6-18(12-19)29-4)25-26-22(27)31-13-20(28)24-17-10-8-16(23)9-11-17/h5-12,14-15H,13H2,1-4H3,(H,24,28). The molecular weight excluding hydrogens is 419 g/mol. The molecule has 0 saturated carbocycles. The van der Waals surface area contributed by atoms with Crippen LogP contribution < -0.4 is 14.8 Å². The van der Waals surface area contributed by atoms with Crippen LogP contribution in [0.2, 0.25) is 0 Å². The molecule has 1 atom stereocenters. The second-order valence-electron chi connectivity index (χ2n) is 7.09. The molecule has 31 heavy (non-hydrogen) atoms. The average molecular weight is 445 g/mol. The third-order valence-corrected chi connectivity index (χ3v) is 5.33. The first-order valence-electron chi connectivity index (χ1n) is 9.81. The van der Waals surface area contributed by atoms with E-state index in [2.05, 4.69) is 15.5 Å². The highest BCUT2D eigenvalue weighted by Gasteiger charge is 2.22. The Bertz CT molecular complexity index is 1020. The van der Waals surface area contributed by atoms with Crippen LogP contribution in [0.15, 0.2) is 53.7 Å². The first kappa shape index (κ1) is 22.6. The summed E-state index contributed by atoms with van der Waals surface area (Å²) < 4.78 is 26.2. The molecule has 7 nitrogen and oxygen atoms in total. The monoisotopic (exact) mass is 444 g/mol. The van der Waals surface area contributed by atoms with Gasteiger partial charge in [0.1, 0.15) is 17.3 Å². The average Bonchev–Trinajstić information content (AvgIpc) is 3.18. The molecule has 0 aliphatic heterocycles. The van der Waals surface area contributed by atoms with Crippen molar-refractivity contribution in [3.63, 3.8) is 0 Å². The van der Waals surface area contributed by atoms with Crippen LogP contribution in [-0.2, 0) is 4.79 Å². The summed E-state index contributed by atoms with van der Waals surface area (Å²) in [4.78, 5) is 12.3. The Hall–Kier alpha value is -3.07. The van der Waals surface area contributed by atoms with Crippen molar-refractivity contribution in [2.24, 2.45) is 0 Å². The lowest BCUT2D eigenvalue weighted by molar-refractivity contribution is -0.113. The second-order valence-corrected chi connectivity index (χ2v) is 8.03. The maximum atomic E-state index is 13.0. The van der Waals surface area contributed by atoms with Gasteiger partial charge in [-0.25, -0.2) is 4.39 Å². The summed E-state index contributed by atoms with van der Waals surface area (Å²) in [6.07, 6.45) is -0.357. The number of carbonyl (C=O) groups is 1. The first-order chi connectivity index (χ1) is 14.9. The summed E-state index contributed by atoms with van der Waals surface area (Å²) in [5.74, 6) is 1.62. The fourth-order valence-electron chi connectivity index (χ4n) is 2.94. The molecule has 3 aromatic rings. The fraction of sp³-hybridized carbons (Fsp3) is 0.318. The van der Waals surface area contributed by atoms with E-state index in [0.29, 0.717) is 28.2 Å². The third kappa shape index (κ3) is 5.97. The fourth-order valence-corrected chi connectivity index (χ4v) is 3.82. The van der Waals surface area contributed by atoms with E-state index < -0.39 is 0 Å². The Balaban J connectivity index is 1.67. The van der Waals surface area contributed by atoms with Crippen molar-refractivity contribution in [2.45, 2.75) is 38.1 Å². The number of rotatable bonds is 9. The molecule has 0 fully saturated rings. The molecule has 1 N–H and O–H groups in total. The van der Waals surface area contributed by atoms with Crippen LogP contribution in [0.25, 0.3) is 0 Å². The Morgan fingerprint density at radius 2 is 1.84 bits per heavy atom. The summed E-state index contributed by atoms with van der Waals surface area (Å²) in [6.45, 7) is 5.94. The SMILES string of the molecule is COc1cccc(OC(C)c2nnc(SCC(=O)Nc3ccc(F)cc3)n2C(C)C)c1. The van der Waals surface area contributed by atoms with Crippen LogP contribution >= 0.6 is 11.8 Å². The number of thioether (sulfide) groups is 1. The minimum absolute atomic E-state index is 0.0732. The van der Waals surface area contributed by atoms with Gasteiger partial charge in [0.2, 0.25) is 5.91 Å². The molecule has 0 aliphatic carbocycles. The van der Waals surface area contributed by atoms with Gasteiger partial charge < -0.3 is 19.4 Å².